The number of pyridine rings is 1. The molecule has 0 saturated carbocycles. The van der Waals surface area contributed by atoms with Crippen molar-refractivity contribution in [3.63, 3.8) is 0 Å². The average Bonchev–Trinajstić information content (AvgIpc) is 3.90. The van der Waals surface area contributed by atoms with Crippen molar-refractivity contribution in [1.82, 2.24) is 28.9 Å². The number of fused-ring (bicyclic) bond motifs is 10. The molecule has 0 fully saturated rings. The fourth-order valence-corrected chi connectivity index (χ4v) is 8.86. The lowest BCUT2D eigenvalue weighted by molar-refractivity contribution is 1.07. The van der Waals surface area contributed by atoms with E-state index in [1.807, 2.05) is 60.7 Å². The standard InChI is InChI=1S/C54H34N6/c1-6-18-35(19-7-1)48-50-44-34-39(53-57-51(36-20-8-2-9-21-36)56-52(58-53)37-22-10-3-11-23-37)30-31-42(44)47-46(60(50)54(55-48)38-24-12-4-13-25-38)33-32-43-41-28-16-17-29-45(41)59(49(43)47)40-26-14-5-15-27-40/h1-34H. The van der Waals surface area contributed by atoms with Gasteiger partial charge in [-0.2, -0.15) is 0 Å². The Morgan fingerprint density at radius 3 is 1.47 bits per heavy atom. The molecule has 0 bridgehead atoms. The van der Waals surface area contributed by atoms with E-state index in [2.05, 4.69) is 155 Å². The zero-order chi connectivity index (χ0) is 39.6. The minimum absolute atomic E-state index is 0.600. The minimum atomic E-state index is 0.600. The molecule has 4 heterocycles. The van der Waals surface area contributed by atoms with Gasteiger partial charge in [-0.25, -0.2) is 19.9 Å². The van der Waals surface area contributed by atoms with Gasteiger partial charge in [-0.05, 0) is 35.7 Å². The number of benzene rings is 8. The van der Waals surface area contributed by atoms with Crippen molar-refractivity contribution >= 4 is 49.0 Å². The van der Waals surface area contributed by atoms with Gasteiger partial charge in [-0.1, -0.05) is 176 Å². The zero-order valence-electron chi connectivity index (χ0n) is 32.3. The number of imidazole rings is 1. The summed E-state index contributed by atoms with van der Waals surface area (Å²) in [5.41, 5.74) is 11.2. The molecule has 6 heteroatoms. The van der Waals surface area contributed by atoms with Crippen LogP contribution in [-0.4, -0.2) is 28.9 Å². The number of nitrogens with zero attached hydrogens (tertiary/aromatic N) is 6. The van der Waals surface area contributed by atoms with Gasteiger partial charge in [-0.3, -0.25) is 4.40 Å². The van der Waals surface area contributed by atoms with Crippen LogP contribution in [-0.2, 0) is 0 Å². The molecule has 0 unspecified atom stereocenters. The van der Waals surface area contributed by atoms with E-state index in [9.17, 15) is 0 Å². The van der Waals surface area contributed by atoms with Crippen molar-refractivity contribution in [3.05, 3.63) is 206 Å². The highest BCUT2D eigenvalue weighted by atomic mass is 15.1. The topological polar surface area (TPSA) is 60.9 Å². The molecule has 280 valence electrons. The second-order valence-corrected chi connectivity index (χ2v) is 15.0. The van der Waals surface area contributed by atoms with Crippen molar-refractivity contribution < 1.29 is 0 Å². The minimum Gasteiger partial charge on any atom is -0.309 e. The molecule has 0 aliphatic rings. The van der Waals surface area contributed by atoms with Gasteiger partial charge in [0.25, 0.3) is 0 Å². The van der Waals surface area contributed by atoms with Gasteiger partial charge in [0.1, 0.15) is 5.82 Å². The molecule has 0 aliphatic heterocycles. The first-order valence-electron chi connectivity index (χ1n) is 20.2. The normalized spacial score (nSPS) is 11.7. The third kappa shape index (κ3) is 5.35. The first kappa shape index (κ1) is 33.9. The van der Waals surface area contributed by atoms with E-state index in [4.69, 9.17) is 19.9 Å². The summed E-state index contributed by atoms with van der Waals surface area (Å²) >= 11 is 0. The van der Waals surface area contributed by atoms with Gasteiger partial charge < -0.3 is 4.57 Å². The lowest BCUT2D eigenvalue weighted by atomic mass is 9.98. The molecule has 0 N–H and O–H groups in total. The Balaban J connectivity index is 1.27. The number of aromatic nitrogens is 6. The van der Waals surface area contributed by atoms with Gasteiger partial charge in [0.2, 0.25) is 0 Å². The molecule has 0 aliphatic carbocycles. The molecule has 0 radical (unpaired) electrons. The highest BCUT2D eigenvalue weighted by Crippen LogP contribution is 2.45. The van der Waals surface area contributed by atoms with Crippen LogP contribution >= 0.6 is 0 Å². The molecule has 12 aromatic rings. The van der Waals surface area contributed by atoms with Gasteiger partial charge in [0.15, 0.2) is 17.5 Å². The van der Waals surface area contributed by atoms with Crippen LogP contribution < -0.4 is 0 Å². The van der Waals surface area contributed by atoms with Crippen LogP contribution in [0.3, 0.4) is 0 Å². The monoisotopic (exact) mass is 766 g/mol. The van der Waals surface area contributed by atoms with E-state index in [1.54, 1.807) is 0 Å². The van der Waals surface area contributed by atoms with Crippen LogP contribution in [0.2, 0.25) is 0 Å². The van der Waals surface area contributed by atoms with Gasteiger partial charge in [-0.15, -0.1) is 0 Å². The summed E-state index contributed by atoms with van der Waals surface area (Å²) in [5.74, 6) is 2.72. The smallest absolute Gasteiger partial charge is 0.164 e. The SMILES string of the molecule is c1ccc(-c2nc(-c3ccccc3)nc(-c3ccc4c(c3)c3c(-c5ccccc5)nc(-c5ccccc5)n3c3ccc5c6ccccc6n(-c6ccccc6)c5c43)n2)cc1. The zero-order valence-corrected chi connectivity index (χ0v) is 32.3. The largest absolute Gasteiger partial charge is 0.309 e. The second-order valence-electron chi connectivity index (χ2n) is 15.0. The molecule has 12 rings (SSSR count). The maximum Gasteiger partial charge on any atom is 0.164 e. The van der Waals surface area contributed by atoms with Crippen molar-refractivity contribution in [3.8, 4) is 62.5 Å². The molecule has 0 saturated heterocycles. The first-order chi connectivity index (χ1) is 29.8. The average molecular weight is 767 g/mol. The van der Waals surface area contributed by atoms with Crippen LogP contribution in [0.5, 0.6) is 0 Å². The van der Waals surface area contributed by atoms with E-state index in [0.717, 1.165) is 83.2 Å². The maximum absolute atomic E-state index is 5.56. The third-order valence-corrected chi connectivity index (χ3v) is 11.5. The summed E-state index contributed by atoms with van der Waals surface area (Å²) in [6.45, 7) is 0. The summed E-state index contributed by atoms with van der Waals surface area (Å²) in [6, 6.07) is 72.0. The maximum atomic E-state index is 5.56. The number of para-hydroxylation sites is 2. The molecular weight excluding hydrogens is 733 g/mol. The Morgan fingerprint density at radius 1 is 0.317 bits per heavy atom. The summed E-state index contributed by atoms with van der Waals surface area (Å²) in [7, 11) is 0. The van der Waals surface area contributed by atoms with Gasteiger partial charge in [0.05, 0.1) is 27.8 Å². The Bertz CT molecular complexity index is 3500. The van der Waals surface area contributed by atoms with Crippen molar-refractivity contribution in [1.29, 1.82) is 0 Å². The molecule has 4 aromatic heterocycles. The summed E-state index contributed by atoms with van der Waals surface area (Å²) in [4.78, 5) is 20.9. The van der Waals surface area contributed by atoms with Crippen LogP contribution in [0.4, 0.5) is 0 Å². The summed E-state index contributed by atoms with van der Waals surface area (Å²) < 4.78 is 4.80. The Labute approximate surface area is 345 Å². The molecule has 60 heavy (non-hydrogen) atoms. The molecular formula is C54H34N6. The van der Waals surface area contributed by atoms with Gasteiger partial charge in [0, 0.05) is 55.0 Å². The Morgan fingerprint density at radius 2 is 0.833 bits per heavy atom. The highest BCUT2D eigenvalue weighted by molar-refractivity contribution is 6.28. The summed E-state index contributed by atoms with van der Waals surface area (Å²) in [5, 5.41) is 5.70. The van der Waals surface area contributed by atoms with Crippen LogP contribution in [0.25, 0.3) is 111 Å². The quantitative estimate of drug-likeness (QED) is 0.158. The van der Waals surface area contributed by atoms with Crippen molar-refractivity contribution in [2.24, 2.45) is 0 Å². The van der Waals surface area contributed by atoms with Crippen LogP contribution in [0.1, 0.15) is 0 Å². The molecule has 0 amide bonds. The Hall–Kier alpha value is -8.22. The van der Waals surface area contributed by atoms with Crippen LogP contribution in [0, 0.1) is 0 Å². The molecule has 8 aromatic carbocycles. The fraction of sp³-hybridized carbons (Fsp3) is 0. The highest BCUT2D eigenvalue weighted by Gasteiger charge is 2.25. The van der Waals surface area contributed by atoms with E-state index in [0.29, 0.717) is 17.5 Å². The number of rotatable bonds is 6. The fourth-order valence-electron chi connectivity index (χ4n) is 8.86. The number of hydrogen-bond acceptors (Lipinski definition) is 4. The van der Waals surface area contributed by atoms with Gasteiger partial charge >= 0.3 is 0 Å². The molecule has 6 nitrogen and oxygen atoms in total. The summed E-state index contributed by atoms with van der Waals surface area (Å²) in [6.07, 6.45) is 0. The molecule has 0 atom stereocenters. The third-order valence-electron chi connectivity index (χ3n) is 11.5. The lowest BCUT2D eigenvalue weighted by Crippen LogP contribution is -2.01. The van der Waals surface area contributed by atoms with E-state index >= 15 is 0 Å². The van der Waals surface area contributed by atoms with Crippen molar-refractivity contribution in [2.75, 3.05) is 0 Å². The predicted octanol–water partition coefficient (Wildman–Crippen LogP) is 13.3. The lowest BCUT2D eigenvalue weighted by Gasteiger charge is -2.16. The van der Waals surface area contributed by atoms with E-state index in [1.165, 1.54) is 10.8 Å². The number of hydrogen-bond donors (Lipinski definition) is 0. The first-order valence-corrected chi connectivity index (χ1v) is 20.2. The van der Waals surface area contributed by atoms with E-state index in [-0.39, 0.29) is 0 Å². The molecule has 0 spiro atoms. The van der Waals surface area contributed by atoms with Crippen LogP contribution in [0.15, 0.2) is 206 Å². The second kappa shape index (κ2) is 13.7. The predicted molar refractivity (Wildman–Crippen MR) is 245 cm³/mol. The Kier molecular flexibility index (Phi) is 7.74. The van der Waals surface area contributed by atoms with Crippen molar-refractivity contribution in [2.45, 2.75) is 0 Å². The van der Waals surface area contributed by atoms with E-state index < -0.39 is 0 Å².